The van der Waals surface area contributed by atoms with Gasteiger partial charge in [-0.3, -0.25) is 4.79 Å². The summed E-state index contributed by atoms with van der Waals surface area (Å²) in [4.78, 5) is 23.7. The fourth-order valence-electron chi connectivity index (χ4n) is 1.93. The highest BCUT2D eigenvalue weighted by Crippen LogP contribution is 2.22. The molecular formula is C16H13Cl2NO3. The van der Waals surface area contributed by atoms with Crippen LogP contribution in [0, 0.1) is 6.92 Å². The Hall–Kier alpha value is -2.04. The highest BCUT2D eigenvalue weighted by molar-refractivity contribution is 6.35. The number of hydrogen-bond donors (Lipinski definition) is 1. The number of esters is 1. The van der Waals surface area contributed by atoms with Gasteiger partial charge in [0.25, 0.3) is 5.91 Å². The molecule has 0 bridgehead atoms. The first kappa shape index (κ1) is 16.3. The number of carbonyl (C=O) groups is 2. The first-order chi connectivity index (χ1) is 10.4. The normalized spacial score (nSPS) is 10.2. The fraction of sp³-hybridized carbons (Fsp3) is 0.125. The van der Waals surface area contributed by atoms with E-state index >= 15 is 0 Å². The van der Waals surface area contributed by atoms with Gasteiger partial charge in [-0.1, -0.05) is 23.2 Å². The van der Waals surface area contributed by atoms with E-state index in [0.717, 1.165) is 5.56 Å². The molecule has 2 aromatic rings. The predicted molar refractivity (Wildman–Crippen MR) is 86.9 cm³/mol. The number of aryl methyl sites for hydroxylation is 1. The second-order valence-corrected chi connectivity index (χ2v) is 5.51. The van der Waals surface area contributed by atoms with Crippen LogP contribution in [0.15, 0.2) is 36.4 Å². The summed E-state index contributed by atoms with van der Waals surface area (Å²) in [7, 11) is 1.32. The number of methoxy groups -OCH3 is 1. The number of amides is 1. The Morgan fingerprint density at radius 1 is 1.00 bits per heavy atom. The van der Waals surface area contributed by atoms with E-state index in [2.05, 4.69) is 10.1 Å². The van der Waals surface area contributed by atoms with Crippen molar-refractivity contribution in [1.82, 2.24) is 0 Å². The molecule has 4 nitrogen and oxygen atoms in total. The zero-order valence-electron chi connectivity index (χ0n) is 11.9. The standard InChI is InChI=1S/C16H13Cl2NO3/c1-9-5-10(16(21)22-2)3-4-14(9)19-15(20)11-6-12(17)8-13(18)7-11/h3-8H,1-2H3,(H,19,20). The van der Waals surface area contributed by atoms with E-state index in [9.17, 15) is 9.59 Å². The molecule has 1 amide bonds. The number of rotatable bonds is 3. The number of halogens is 2. The van der Waals surface area contributed by atoms with Crippen molar-refractivity contribution < 1.29 is 14.3 Å². The minimum absolute atomic E-state index is 0.335. The maximum absolute atomic E-state index is 12.2. The van der Waals surface area contributed by atoms with E-state index in [1.807, 2.05) is 0 Å². The summed E-state index contributed by atoms with van der Waals surface area (Å²) >= 11 is 11.8. The molecule has 0 spiro atoms. The molecule has 2 aromatic carbocycles. The monoisotopic (exact) mass is 337 g/mol. The molecule has 0 fully saturated rings. The summed E-state index contributed by atoms with van der Waals surface area (Å²) in [6, 6.07) is 9.48. The topological polar surface area (TPSA) is 55.4 Å². The van der Waals surface area contributed by atoms with Crippen LogP contribution in [0.5, 0.6) is 0 Å². The van der Waals surface area contributed by atoms with E-state index < -0.39 is 5.97 Å². The Bertz CT molecular complexity index is 724. The molecule has 0 saturated carbocycles. The van der Waals surface area contributed by atoms with Crippen molar-refractivity contribution in [3.63, 3.8) is 0 Å². The molecule has 2 rings (SSSR count). The van der Waals surface area contributed by atoms with E-state index in [1.165, 1.54) is 19.2 Å². The quantitative estimate of drug-likeness (QED) is 0.847. The Morgan fingerprint density at radius 3 is 2.18 bits per heavy atom. The van der Waals surface area contributed by atoms with E-state index in [4.69, 9.17) is 23.2 Å². The fourth-order valence-corrected chi connectivity index (χ4v) is 2.45. The number of hydrogen-bond acceptors (Lipinski definition) is 3. The molecule has 0 aromatic heterocycles. The highest BCUT2D eigenvalue weighted by atomic mass is 35.5. The molecule has 0 heterocycles. The van der Waals surface area contributed by atoms with Gasteiger partial charge in [0.2, 0.25) is 0 Å². The Kier molecular flexibility index (Phi) is 5.06. The van der Waals surface area contributed by atoms with Gasteiger partial charge in [-0.25, -0.2) is 4.79 Å². The van der Waals surface area contributed by atoms with Crippen molar-refractivity contribution in [1.29, 1.82) is 0 Å². The van der Waals surface area contributed by atoms with Gasteiger partial charge in [0.1, 0.15) is 0 Å². The van der Waals surface area contributed by atoms with Crippen molar-refractivity contribution in [2.45, 2.75) is 6.92 Å². The van der Waals surface area contributed by atoms with Crippen LogP contribution in [-0.4, -0.2) is 19.0 Å². The third kappa shape index (κ3) is 3.78. The second-order valence-electron chi connectivity index (χ2n) is 4.63. The number of anilines is 1. The van der Waals surface area contributed by atoms with Gasteiger partial charge in [-0.05, 0) is 48.9 Å². The Labute approximate surface area is 138 Å². The van der Waals surface area contributed by atoms with Crippen LogP contribution < -0.4 is 5.32 Å². The molecule has 0 aliphatic rings. The summed E-state index contributed by atoms with van der Waals surface area (Å²) in [5, 5.41) is 3.53. The number of nitrogens with one attached hydrogen (secondary N) is 1. The molecular weight excluding hydrogens is 325 g/mol. The molecule has 0 aliphatic heterocycles. The smallest absolute Gasteiger partial charge is 0.337 e. The molecule has 0 saturated heterocycles. The van der Waals surface area contributed by atoms with Crippen molar-refractivity contribution in [3.8, 4) is 0 Å². The van der Waals surface area contributed by atoms with Gasteiger partial charge < -0.3 is 10.1 Å². The highest BCUT2D eigenvalue weighted by Gasteiger charge is 2.12. The summed E-state index contributed by atoms with van der Waals surface area (Å²) in [6.45, 7) is 1.78. The zero-order valence-corrected chi connectivity index (χ0v) is 13.5. The summed E-state index contributed by atoms with van der Waals surface area (Å²) in [5.74, 6) is -0.763. The van der Waals surface area contributed by atoms with Crippen LogP contribution in [0.3, 0.4) is 0 Å². The average Bonchev–Trinajstić information content (AvgIpc) is 2.47. The molecule has 0 atom stereocenters. The van der Waals surface area contributed by atoms with Gasteiger partial charge in [-0.15, -0.1) is 0 Å². The largest absolute Gasteiger partial charge is 0.465 e. The zero-order chi connectivity index (χ0) is 16.3. The van der Waals surface area contributed by atoms with Gasteiger partial charge in [0.15, 0.2) is 0 Å². The van der Waals surface area contributed by atoms with Crippen molar-refractivity contribution >= 4 is 40.8 Å². The molecule has 1 N–H and O–H groups in total. The number of ether oxygens (including phenoxy) is 1. The minimum Gasteiger partial charge on any atom is -0.465 e. The van der Waals surface area contributed by atoms with E-state index in [-0.39, 0.29) is 5.91 Å². The van der Waals surface area contributed by atoms with Crippen LogP contribution in [0.1, 0.15) is 26.3 Å². The van der Waals surface area contributed by atoms with E-state index in [0.29, 0.717) is 26.9 Å². The van der Waals surface area contributed by atoms with Gasteiger partial charge in [-0.2, -0.15) is 0 Å². The molecule has 0 aliphatic carbocycles. The maximum Gasteiger partial charge on any atom is 0.337 e. The minimum atomic E-state index is -0.428. The summed E-state index contributed by atoms with van der Waals surface area (Å²) < 4.78 is 4.65. The van der Waals surface area contributed by atoms with Gasteiger partial charge in [0.05, 0.1) is 12.7 Å². The van der Waals surface area contributed by atoms with Gasteiger partial charge in [0, 0.05) is 21.3 Å². The lowest BCUT2D eigenvalue weighted by atomic mass is 10.1. The lowest BCUT2D eigenvalue weighted by molar-refractivity contribution is 0.0600. The Morgan fingerprint density at radius 2 is 1.64 bits per heavy atom. The second kappa shape index (κ2) is 6.81. The average molecular weight is 338 g/mol. The molecule has 114 valence electrons. The summed E-state index contributed by atoms with van der Waals surface area (Å²) in [5.41, 5.74) is 2.11. The molecule has 0 radical (unpaired) electrons. The maximum atomic E-state index is 12.2. The van der Waals surface area contributed by atoms with E-state index in [1.54, 1.807) is 31.2 Å². The summed E-state index contributed by atoms with van der Waals surface area (Å²) in [6.07, 6.45) is 0. The van der Waals surface area contributed by atoms with Crippen LogP contribution in [0.4, 0.5) is 5.69 Å². The van der Waals surface area contributed by atoms with Crippen LogP contribution in [0.2, 0.25) is 10.0 Å². The van der Waals surface area contributed by atoms with Crippen LogP contribution in [-0.2, 0) is 4.74 Å². The Balaban J connectivity index is 2.23. The lowest BCUT2D eigenvalue weighted by Gasteiger charge is -2.10. The van der Waals surface area contributed by atoms with Crippen LogP contribution >= 0.6 is 23.2 Å². The SMILES string of the molecule is COC(=O)c1ccc(NC(=O)c2cc(Cl)cc(Cl)c2)c(C)c1. The van der Waals surface area contributed by atoms with Crippen molar-refractivity contribution in [3.05, 3.63) is 63.1 Å². The van der Waals surface area contributed by atoms with Crippen LogP contribution in [0.25, 0.3) is 0 Å². The number of carbonyl (C=O) groups excluding carboxylic acids is 2. The van der Waals surface area contributed by atoms with Gasteiger partial charge >= 0.3 is 5.97 Å². The first-order valence-corrected chi connectivity index (χ1v) is 7.12. The lowest BCUT2D eigenvalue weighted by Crippen LogP contribution is -2.13. The first-order valence-electron chi connectivity index (χ1n) is 6.37. The third-order valence-corrected chi connectivity index (χ3v) is 3.46. The number of benzene rings is 2. The molecule has 22 heavy (non-hydrogen) atoms. The van der Waals surface area contributed by atoms with Crippen molar-refractivity contribution in [2.75, 3.05) is 12.4 Å². The predicted octanol–water partition coefficient (Wildman–Crippen LogP) is 4.34. The third-order valence-electron chi connectivity index (χ3n) is 3.02. The molecule has 6 heteroatoms. The molecule has 0 unspecified atom stereocenters. The van der Waals surface area contributed by atoms with Crippen molar-refractivity contribution in [2.24, 2.45) is 0 Å².